The lowest BCUT2D eigenvalue weighted by atomic mass is 9.95. The van der Waals surface area contributed by atoms with Crippen molar-refractivity contribution in [2.24, 2.45) is 10.9 Å². The molecule has 0 aliphatic carbocycles. The Morgan fingerprint density at radius 1 is 1.53 bits per heavy atom. The van der Waals surface area contributed by atoms with Crippen molar-refractivity contribution < 1.29 is 10.3 Å². The molecule has 1 rings (SSSR count). The molecule has 0 saturated heterocycles. The van der Waals surface area contributed by atoms with Crippen molar-refractivity contribution in [3.8, 4) is 0 Å². The standard InChI is InChI=1S/C11H16N2O2/c1-3-8-9(7(2)14)5-4-6-10(8)11(12)13-15/h4-7,14-15H,3H2,1-2H3,(H2,12,13)/t7-/m1/s1. The van der Waals surface area contributed by atoms with Gasteiger partial charge in [-0.15, -0.1) is 0 Å². The summed E-state index contributed by atoms with van der Waals surface area (Å²) in [4.78, 5) is 0. The van der Waals surface area contributed by atoms with E-state index in [1.165, 1.54) is 0 Å². The molecule has 0 spiro atoms. The summed E-state index contributed by atoms with van der Waals surface area (Å²) < 4.78 is 0. The van der Waals surface area contributed by atoms with Gasteiger partial charge in [0.15, 0.2) is 5.84 Å². The van der Waals surface area contributed by atoms with Crippen LogP contribution in [0.15, 0.2) is 23.4 Å². The fourth-order valence-electron chi connectivity index (χ4n) is 1.68. The van der Waals surface area contributed by atoms with Crippen molar-refractivity contribution in [3.05, 3.63) is 34.9 Å². The summed E-state index contributed by atoms with van der Waals surface area (Å²) in [5.41, 5.74) is 7.98. The molecule has 0 aliphatic heterocycles. The SMILES string of the molecule is CCc1c(C(N)=NO)cccc1[C@@H](C)O. The summed E-state index contributed by atoms with van der Waals surface area (Å²) in [7, 11) is 0. The second kappa shape index (κ2) is 4.79. The largest absolute Gasteiger partial charge is 0.409 e. The highest BCUT2D eigenvalue weighted by Gasteiger charge is 2.12. The third kappa shape index (κ3) is 2.27. The second-order valence-electron chi connectivity index (χ2n) is 3.39. The molecule has 0 heterocycles. The van der Waals surface area contributed by atoms with Crippen molar-refractivity contribution in [2.75, 3.05) is 0 Å². The van der Waals surface area contributed by atoms with Crippen LogP contribution in [0.4, 0.5) is 0 Å². The Balaban J connectivity index is 3.35. The lowest BCUT2D eigenvalue weighted by molar-refractivity contribution is 0.198. The van der Waals surface area contributed by atoms with Crippen molar-refractivity contribution in [3.63, 3.8) is 0 Å². The van der Waals surface area contributed by atoms with Gasteiger partial charge in [-0.2, -0.15) is 0 Å². The zero-order valence-electron chi connectivity index (χ0n) is 8.94. The molecule has 0 saturated carbocycles. The number of hydrogen-bond donors (Lipinski definition) is 3. The van der Waals surface area contributed by atoms with E-state index in [0.717, 1.165) is 17.5 Å². The van der Waals surface area contributed by atoms with Crippen LogP contribution in [-0.4, -0.2) is 16.1 Å². The maximum absolute atomic E-state index is 9.57. The number of benzene rings is 1. The Morgan fingerprint density at radius 3 is 2.67 bits per heavy atom. The number of aliphatic hydroxyl groups is 1. The van der Waals surface area contributed by atoms with Gasteiger partial charge >= 0.3 is 0 Å². The third-order valence-electron chi connectivity index (χ3n) is 2.40. The summed E-state index contributed by atoms with van der Waals surface area (Å²) in [6.07, 6.45) is 0.179. The van der Waals surface area contributed by atoms with E-state index in [9.17, 15) is 5.11 Å². The minimum absolute atomic E-state index is 0.0781. The fraction of sp³-hybridized carbons (Fsp3) is 0.364. The molecule has 0 aliphatic rings. The molecular formula is C11H16N2O2. The third-order valence-corrected chi connectivity index (χ3v) is 2.40. The number of nitrogens with two attached hydrogens (primary N) is 1. The van der Waals surface area contributed by atoms with Gasteiger partial charge in [-0.1, -0.05) is 30.3 Å². The first-order valence-corrected chi connectivity index (χ1v) is 4.89. The van der Waals surface area contributed by atoms with Gasteiger partial charge in [0.25, 0.3) is 0 Å². The van der Waals surface area contributed by atoms with Crippen LogP contribution in [-0.2, 0) is 6.42 Å². The fourth-order valence-corrected chi connectivity index (χ4v) is 1.68. The van der Waals surface area contributed by atoms with Gasteiger partial charge in [0.05, 0.1) is 6.10 Å². The molecule has 1 aromatic carbocycles. The molecule has 1 atom stereocenters. The Morgan fingerprint density at radius 2 is 2.20 bits per heavy atom. The van der Waals surface area contributed by atoms with E-state index in [2.05, 4.69) is 5.16 Å². The number of amidine groups is 1. The number of hydrogen-bond acceptors (Lipinski definition) is 3. The van der Waals surface area contributed by atoms with Crippen LogP contribution >= 0.6 is 0 Å². The Labute approximate surface area is 89.0 Å². The topological polar surface area (TPSA) is 78.8 Å². The summed E-state index contributed by atoms with van der Waals surface area (Å²) in [5, 5.41) is 21.2. The van der Waals surface area contributed by atoms with Crippen molar-refractivity contribution in [2.45, 2.75) is 26.4 Å². The van der Waals surface area contributed by atoms with E-state index in [1.54, 1.807) is 19.1 Å². The lowest BCUT2D eigenvalue weighted by Gasteiger charge is -2.14. The van der Waals surface area contributed by atoms with Gasteiger partial charge in [0, 0.05) is 5.56 Å². The molecule has 15 heavy (non-hydrogen) atoms. The number of nitrogens with zero attached hydrogens (tertiary/aromatic N) is 1. The molecule has 0 radical (unpaired) electrons. The van der Waals surface area contributed by atoms with Gasteiger partial charge in [-0.25, -0.2) is 0 Å². The van der Waals surface area contributed by atoms with Gasteiger partial charge < -0.3 is 16.0 Å². The molecular weight excluding hydrogens is 192 g/mol. The maximum atomic E-state index is 9.57. The zero-order chi connectivity index (χ0) is 11.4. The average Bonchev–Trinajstić information content (AvgIpc) is 2.26. The normalized spacial score (nSPS) is 13.9. The lowest BCUT2D eigenvalue weighted by Crippen LogP contribution is -2.17. The van der Waals surface area contributed by atoms with Gasteiger partial charge in [-0.05, 0) is 24.5 Å². The molecule has 0 amide bonds. The predicted octanol–water partition coefficient (Wildman–Crippen LogP) is 1.40. The molecule has 4 N–H and O–H groups in total. The summed E-state index contributed by atoms with van der Waals surface area (Å²) in [5.74, 6) is 0.0781. The van der Waals surface area contributed by atoms with Crippen LogP contribution in [0.1, 0.15) is 36.6 Å². The Bertz CT molecular complexity index is 373. The zero-order valence-corrected chi connectivity index (χ0v) is 8.94. The smallest absolute Gasteiger partial charge is 0.170 e. The van der Waals surface area contributed by atoms with Crippen LogP contribution in [0.2, 0.25) is 0 Å². The molecule has 4 heteroatoms. The van der Waals surface area contributed by atoms with Crippen LogP contribution in [0.5, 0.6) is 0 Å². The molecule has 0 unspecified atom stereocenters. The minimum Gasteiger partial charge on any atom is -0.409 e. The predicted molar refractivity (Wildman–Crippen MR) is 59.0 cm³/mol. The van der Waals surface area contributed by atoms with E-state index in [-0.39, 0.29) is 5.84 Å². The quantitative estimate of drug-likeness (QED) is 0.304. The van der Waals surface area contributed by atoms with Crippen molar-refractivity contribution >= 4 is 5.84 Å². The number of aliphatic hydroxyl groups excluding tert-OH is 1. The molecule has 1 aromatic rings. The van der Waals surface area contributed by atoms with Crippen molar-refractivity contribution in [1.29, 1.82) is 0 Å². The number of oxime groups is 1. The van der Waals surface area contributed by atoms with Gasteiger partial charge in [-0.3, -0.25) is 0 Å². The van der Waals surface area contributed by atoms with Crippen LogP contribution in [0.25, 0.3) is 0 Å². The molecule has 0 fully saturated rings. The van der Waals surface area contributed by atoms with E-state index in [0.29, 0.717) is 5.56 Å². The van der Waals surface area contributed by atoms with Gasteiger partial charge in [0.2, 0.25) is 0 Å². The van der Waals surface area contributed by atoms with Crippen LogP contribution < -0.4 is 5.73 Å². The molecule has 82 valence electrons. The highest BCUT2D eigenvalue weighted by molar-refractivity contribution is 5.98. The Kier molecular flexibility index (Phi) is 3.68. The second-order valence-corrected chi connectivity index (χ2v) is 3.39. The van der Waals surface area contributed by atoms with Crippen LogP contribution in [0.3, 0.4) is 0 Å². The van der Waals surface area contributed by atoms with E-state index >= 15 is 0 Å². The molecule has 0 bridgehead atoms. The molecule has 0 aromatic heterocycles. The summed E-state index contributed by atoms with van der Waals surface area (Å²) >= 11 is 0. The van der Waals surface area contributed by atoms with Crippen LogP contribution in [0, 0.1) is 0 Å². The monoisotopic (exact) mass is 208 g/mol. The van der Waals surface area contributed by atoms with Crippen molar-refractivity contribution in [1.82, 2.24) is 0 Å². The van der Waals surface area contributed by atoms with E-state index < -0.39 is 6.10 Å². The summed E-state index contributed by atoms with van der Waals surface area (Å²) in [6, 6.07) is 5.41. The minimum atomic E-state index is -0.550. The number of rotatable bonds is 3. The van der Waals surface area contributed by atoms with Gasteiger partial charge in [0.1, 0.15) is 0 Å². The first-order chi connectivity index (χ1) is 7.11. The van der Waals surface area contributed by atoms with E-state index in [4.69, 9.17) is 10.9 Å². The first-order valence-electron chi connectivity index (χ1n) is 4.89. The molecule has 4 nitrogen and oxygen atoms in total. The Hall–Kier alpha value is -1.55. The maximum Gasteiger partial charge on any atom is 0.170 e. The average molecular weight is 208 g/mol. The summed E-state index contributed by atoms with van der Waals surface area (Å²) in [6.45, 7) is 3.67. The highest BCUT2D eigenvalue weighted by Crippen LogP contribution is 2.21. The highest BCUT2D eigenvalue weighted by atomic mass is 16.4. The first kappa shape index (κ1) is 11.5. The van der Waals surface area contributed by atoms with E-state index in [1.807, 2.05) is 13.0 Å².